The van der Waals surface area contributed by atoms with Gasteiger partial charge in [-0.15, -0.1) is 0 Å². The average Bonchev–Trinajstić information content (AvgIpc) is 2.66. The van der Waals surface area contributed by atoms with Gasteiger partial charge in [0, 0.05) is 0 Å². The number of benzene rings is 2. The zero-order chi connectivity index (χ0) is 20.0. The summed E-state index contributed by atoms with van der Waals surface area (Å²) in [6.07, 6.45) is 0. The molecule has 7 heteroatoms. The van der Waals surface area contributed by atoms with Crippen LogP contribution in [0.15, 0.2) is 59.5 Å². The van der Waals surface area contributed by atoms with Crippen LogP contribution in [0.2, 0.25) is 0 Å². The Morgan fingerprint density at radius 3 is 2.07 bits per heavy atom. The maximum absolute atomic E-state index is 12.7. The van der Waals surface area contributed by atoms with Crippen molar-refractivity contribution in [2.24, 2.45) is 5.92 Å². The Hall–Kier alpha value is -2.38. The van der Waals surface area contributed by atoms with E-state index in [-0.39, 0.29) is 22.8 Å². The van der Waals surface area contributed by atoms with Crippen molar-refractivity contribution in [2.45, 2.75) is 37.8 Å². The van der Waals surface area contributed by atoms with Crippen LogP contribution >= 0.6 is 0 Å². The summed E-state index contributed by atoms with van der Waals surface area (Å²) in [7, 11) is -2.33. The zero-order valence-electron chi connectivity index (χ0n) is 16.0. The van der Waals surface area contributed by atoms with Gasteiger partial charge < -0.3 is 10.1 Å². The second-order valence-electron chi connectivity index (χ2n) is 6.66. The van der Waals surface area contributed by atoms with E-state index < -0.39 is 16.1 Å². The summed E-state index contributed by atoms with van der Waals surface area (Å²) in [4.78, 5) is 12.8. The van der Waals surface area contributed by atoms with Gasteiger partial charge in [0.05, 0.1) is 18.0 Å². The van der Waals surface area contributed by atoms with Crippen molar-refractivity contribution in [3.63, 3.8) is 0 Å². The van der Waals surface area contributed by atoms with Crippen molar-refractivity contribution in [1.29, 1.82) is 0 Å². The van der Waals surface area contributed by atoms with Crippen molar-refractivity contribution in [1.82, 2.24) is 10.0 Å². The van der Waals surface area contributed by atoms with Gasteiger partial charge in [-0.2, -0.15) is 4.72 Å². The third-order valence-corrected chi connectivity index (χ3v) is 5.72. The molecule has 0 aliphatic rings. The predicted molar refractivity (Wildman–Crippen MR) is 105 cm³/mol. The molecule has 1 amide bonds. The van der Waals surface area contributed by atoms with Crippen LogP contribution in [-0.4, -0.2) is 27.5 Å². The van der Waals surface area contributed by atoms with Crippen molar-refractivity contribution in [3.8, 4) is 5.75 Å². The van der Waals surface area contributed by atoms with Gasteiger partial charge in [-0.05, 0) is 42.7 Å². The highest BCUT2D eigenvalue weighted by Crippen LogP contribution is 2.18. The molecule has 0 aliphatic carbocycles. The summed E-state index contributed by atoms with van der Waals surface area (Å²) in [6.45, 7) is 5.46. The molecule has 0 radical (unpaired) electrons. The molecule has 2 N–H and O–H groups in total. The number of sulfonamides is 1. The lowest BCUT2D eigenvalue weighted by molar-refractivity contribution is -0.124. The number of carbonyl (C=O) groups excluding carboxylic acids is 1. The fourth-order valence-corrected chi connectivity index (χ4v) is 3.95. The number of amides is 1. The van der Waals surface area contributed by atoms with Crippen LogP contribution < -0.4 is 14.8 Å². The van der Waals surface area contributed by atoms with Crippen molar-refractivity contribution >= 4 is 15.9 Å². The molecule has 146 valence electrons. The Labute approximate surface area is 161 Å². The van der Waals surface area contributed by atoms with E-state index in [0.29, 0.717) is 5.75 Å². The Balaban J connectivity index is 2.14. The molecule has 2 atom stereocenters. The van der Waals surface area contributed by atoms with Crippen molar-refractivity contribution in [2.75, 3.05) is 7.11 Å². The lowest BCUT2D eigenvalue weighted by Gasteiger charge is -2.24. The molecule has 6 nitrogen and oxygen atoms in total. The van der Waals surface area contributed by atoms with Gasteiger partial charge in [-0.25, -0.2) is 8.42 Å². The minimum Gasteiger partial charge on any atom is -0.497 e. The quantitative estimate of drug-likeness (QED) is 0.726. The van der Waals surface area contributed by atoms with E-state index >= 15 is 0 Å². The van der Waals surface area contributed by atoms with Crippen LogP contribution in [0.4, 0.5) is 0 Å². The van der Waals surface area contributed by atoms with E-state index in [4.69, 9.17) is 4.74 Å². The molecule has 0 aliphatic heterocycles. The maximum atomic E-state index is 12.7. The van der Waals surface area contributed by atoms with Crippen LogP contribution in [0, 0.1) is 5.92 Å². The second-order valence-corrected chi connectivity index (χ2v) is 8.37. The fraction of sp³-hybridized carbons (Fsp3) is 0.350. The Kier molecular flexibility index (Phi) is 6.98. The number of ether oxygens (including phenoxy) is 1. The average molecular weight is 391 g/mol. The van der Waals surface area contributed by atoms with Crippen LogP contribution in [0.25, 0.3) is 0 Å². The van der Waals surface area contributed by atoms with Gasteiger partial charge in [0.2, 0.25) is 15.9 Å². The monoisotopic (exact) mass is 390 g/mol. The van der Waals surface area contributed by atoms with E-state index in [0.717, 1.165) is 5.56 Å². The molecule has 2 aromatic rings. The molecular formula is C20H26N2O4S. The van der Waals surface area contributed by atoms with Crippen LogP contribution in [0.1, 0.15) is 32.4 Å². The first-order valence-corrected chi connectivity index (χ1v) is 10.2. The number of nitrogens with one attached hydrogen (secondary N) is 2. The first kappa shape index (κ1) is 20.9. The van der Waals surface area contributed by atoms with Gasteiger partial charge in [-0.1, -0.05) is 44.2 Å². The van der Waals surface area contributed by atoms with Crippen LogP contribution in [-0.2, 0) is 14.8 Å². The van der Waals surface area contributed by atoms with Gasteiger partial charge in [0.25, 0.3) is 0 Å². The number of hydrogen-bond donors (Lipinski definition) is 2. The van der Waals surface area contributed by atoms with E-state index in [1.807, 2.05) is 37.3 Å². The third-order valence-electron chi connectivity index (χ3n) is 4.26. The molecule has 2 rings (SSSR count). The molecule has 0 aromatic heterocycles. The van der Waals surface area contributed by atoms with E-state index in [1.165, 1.54) is 19.2 Å². The van der Waals surface area contributed by atoms with E-state index in [9.17, 15) is 13.2 Å². The second kappa shape index (κ2) is 9.01. The number of carbonyl (C=O) groups is 1. The number of methoxy groups -OCH3 is 1. The lowest BCUT2D eigenvalue weighted by atomic mass is 10.0. The summed E-state index contributed by atoms with van der Waals surface area (Å²) >= 11 is 0. The molecule has 0 fully saturated rings. The maximum Gasteiger partial charge on any atom is 0.241 e. The molecular weight excluding hydrogens is 364 g/mol. The summed E-state index contributed by atoms with van der Waals surface area (Å²) in [5, 5.41) is 2.88. The first-order chi connectivity index (χ1) is 12.7. The Morgan fingerprint density at radius 2 is 1.56 bits per heavy atom. The SMILES string of the molecule is COc1ccc(S(=O)(=O)N[C@H](C(=O)NC(C)c2ccccc2)C(C)C)cc1. The molecule has 0 saturated carbocycles. The van der Waals surface area contributed by atoms with Gasteiger partial charge in [0.15, 0.2) is 0 Å². The predicted octanol–water partition coefficient (Wildman–Crippen LogP) is 2.88. The largest absolute Gasteiger partial charge is 0.497 e. The van der Waals surface area contributed by atoms with Crippen molar-refractivity contribution < 1.29 is 17.9 Å². The summed E-state index contributed by atoms with van der Waals surface area (Å²) in [6, 6.07) is 14.4. The number of hydrogen-bond acceptors (Lipinski definition) is 4. The molecule has 27 heavy (non-hydrogen) atoms. The summed E-state index contributed by atoms with van der Waals surface area (Å²) in [5.74, 6) is -0.0248. The number of rotatable bonds is 8. The standard InChI is InChI=1S/C20H26N2O4S/c1-14(2)19(20(23)21-15(3)16-8-6-5-7-9-16)22-27(24,25)18-12-10-17(26-4)11-13-18/h5-15,19,22H,1-4H3,(H,21,23)/t15?,19-/m0/s1. The van der Waals surface area contributed by atoms with Crippen molar-refractivity contribution in [3.05, 3.63) is 60.2 Å². The highest BCUT2D eigenvalue weighted by atomic mass is 32.2. The van der Waals surface area contributed by atoms with E-state index in [1.54, 1.807) is 26.0 Å². The minimum absolute atomic E-state index is 0.0813. The highest BCUT2D eigenvalue weighted by molar-refractivity contribution is 7.89. The van der Waals surface area contributed by atoms with Gasteiger partial charge in [-0.3, -0.25) is 4.79 Å². The fourth-order valence-electron chi connectivity index (χ4n) is 2.61. The normalized spacial score (nSPS) is 13.8. The molecule has 0 bridgehead atoms. The molecule has 2 aromatic carbocycles. The molecule has 0 saturated heterocycles. The smallest absolute Gasteiger partial charge is 0.241 e. The lowest BCUT2D eigenvalue weighted by Crippen LogP contribution is -2.50. The summed E-state index contributed by atoms with van der Waals surface area (Å²) in [5.41, 5.74) is 0.950. The van der Waals surface area contributed by atoms with Crippen LogP contribution in [0.5, 0.6) is 5.75 Å². The van der Waals surface area contributed by atoms with Crippen LogP contribution in [0.3, 0.4) is 0 Å². The molecule has 1 unspecified atom stereocenters. The topological polar surface area (TPSA) is 84.5 Å². The highest BCUT2D eigenvalue weighted by Gasteiger charge is 2.29. The Morgan fingerprint density at radius 1 is 0.963 bits per heavy atom. The first-order valence-electron chi connectivity index (χ1n) is 8.76. The molecule has 0 heterocycles. The third kappa shape index (κ3) is 5.55. The molecule has 0 spiro atoms. The minimum atomic E-state index is -3.84. The van der Waals surface area contributed by atoms with E-state index in [2.05, 4.69) is 10.0 Å². The Bertz CT molecular complexity index is 849. The summed E-state index contributed by atoms with van der Waals surface area (Å²) < 4.78 is 32.9. The van der Waals surface area contributed by atoms with Gasteiger partial charge >= 0.3 is 0 Å². The zero-order valence-corrected chi connectivity index (χ0v) is 16.8. The van der Waals surface area contributed by atoms with Gasteiger partial charge in [0.1, 0.15) is 11.8 Å².